The van der Waals surface area contributed by atoms with Gasteiger partial charge in [-0.25, -0.2) is 13.6 Å². The number of phenols is 1. The molecule has 1 saturated heterocycles. The number of fused-ring (bicyclic) bond motifs is 2. The number of rotatable bonds is 5. The number of nitrogens with two attached hydrogens (primary N) is 1. The third kappa shape index (κ3) is 4.32. The van der Waals surface area contributed by atoms with Crippen molar-refractivity contribution in [3.8, 4) is 5.75 Å². The zero-order chi connectivity index (χ0) is 25.8. The number of aromatic nitrogens is 1. The number of hydrogen-bond donors (Lipinski definition) is 4. The largest absolute Gasteiger partial charge is 0.508 e. The molecule has 1 fully saturated rings. The van der Waals surface area contributed by atoms with Crippen LogP contribution < -0.4 is 20.6 Å². The van der Waals surface area contributed by atoms with Gasteiger partial charge in [0.2, 0.25) is 27.7 Å². The third-order valence-electron chi connectivity index (χ3n) is 5.91. The summed E-state index contributed by atoms with van der Waals surface area (Å²) in [6.07, 6.45) is 0. The van der Waals surface area contributed by atoms with E-state index >= 15 is 0 Å². The highest BCUT2D eigenvalue weighted by molar-refractivity contribution is 8.00. The average Bonchev–Trinajstić information content (AvgIpc) is 3.28. The first-order valence-corrected chi connectivity index (χ1v) is 13.7. The minimum atomic E-state index is -3.88. The van der Waals surface area contributed by atoms with E-state index < -0.39 is 49.7 Å². The van der Waals surface area contributed by atoms with Crippen LogP contribution in [0.15, 0.2) is 63.2 Å². The number of anilines is 1. The molecule has 3 heterocycles. The van der Waals surface area contributed by atoms with Gasteiger partial charge in [-0.15, -0.1) is 0 Å². The molecule has 2 aliphatic rings. The summed E-state index contributed by atoms with van der Waals surface area (Å²) in [5, 5.41) is 19.4. The Hall–Kier alpha value is -3.46. The first kappa shape index (κ1) is 24.2. The molecule has 3 aromatic rings. The number of carbonyl (C=O) groups is 3. The quantitative estimate of drug-likeness (QED) is 0.339. The van der Waals surface area contributed by atoms with Crippen molar-refractivity contribution >= 4 is 56.5 Å². The SMILES string of the molecule is NS(=O)(=O)c1ccc(NC(=O)Cn2c3c(sc2=O)[C@@H](c2ccc(O)cc2)C2C(=O)NC(=O)C2S3)cc1. The van der Waals surface area contributed by atoms with Crippen molar-refractivity contribution < 1.29 is 27.9 Å². The molecular weight excluding hydrogens is 528 g/mol. The molecule has 36 heavy (non-hydrogen) atoms. The summed E-state index contributed by atoms with van der Waals surface area (Å²) in [5.74, 6) is -2.75. The topological polar surface area (TPSA) is 178 Å². The molecule has 14 heteroatoms. The van der Waals surface area contributed by atoms with Gasteiger partial charge in [0.05, 0.1) is 15.8 Å². The van der Waals surface area contributed by atoms with Gasteiger partial charge >= 0.3 is 4.87 Å². The molecule has 1 aromatic heterocycles. The van der Waals surface area contributed by atoms with E-state index in [2.05, 4.69) is 10.6 Å². The number of nitrogens with one attached hydrogen (secondary N) is 2. The summed E-state index contributed by atoms with van der Waals surface area (Å²) in [5.41, 5.74) is 0.960. The lowest BCUT2D eigenvalue weighted by atomic mass is 9.83. The maximum absolute atomic E-state index is 12.9. The Labute approximate surface area is 212 Å². The fraction of sp³-hybridized carbons (Fsp3) is 0.182. The van der Waals surface area contributed by atoms with Crippen molar-refractivity contribution in [3.05, 3.63) is 68.6 Å². The zero-order valence-electron chi connectivity index (χ0n) is 18.2. The molecule has 2 aliphatic heterocycles. The second-order valence-electron chi connectivity index (χ2n) is 8.23. The molecule has 3 amide bonds. The van der Waals surface area contributed by atoms with Crippen molar-refractivity contribution in [2.24, 2.45) is 11.1 Å². The summed E-state index contributed by atoms with van der Waals surface area (Å²) in [6, 6.07) is 11.5. The molecule has 11 nitrogen and oxygen atoms in total. The fourth-order valence-electron chi connectivity index (χ4n) is 4.29. The van der Waals surface area contributed by atoms with Crippen molar-refractivity contribution in [1.82, 2.24) is 9.88 Å². The Morgan fingerprint density at radius 1 is 1.06 bits per heavy atom. The van der Waals surface area contributed by atoms with Crippen LogP contribution in [-0.2, 0) is 31.0 Å². The second-order valence-corrected chi connectivity index (χ2v) is 11.9. The van der Waals surface area contributed by atoms with E-state index in [1.54, 1.807) is 12.1 Å². The number of imide groups is 1. The zero-order valence-corrected chi connectivity index (χ0v) is 20.7. The Morgan fingerprint density at radius 2 is 1.72 bits per heavy atom. The average molecular weight is 547 g/mol. The van der Waals surface area contributed by atoms with Gasteiger partial charge in [0.25, 0.3) is 0 Å². The van der Waals surface area contributed by atoms with Crippen molar-refractivity contribution in [1.29, 1.82) is 0 Å². The van der Waals surface area contributed by atoms with E-state index in [0.717, 1.165) is 23.1 Å². The minimum Gasteiger partial charge on any atom is -0.508 e. The Morgan fingerprint density at radius 3 is 2.36 bits per heavy atom. The highest BCUT2D eigenvalue weighted by Crippen LogP contribution is 2.51. The van der Waals surface area contributed by atoms with Gasteiger partial charge in [0, 0.05) is 16.5 Å². The predicted molar refractivity (Wildman–Crippen MR) is 131 cm³/mol. The van der Waals surface area contributed by atoms with Crippen LogP contribution in [0.25, 0.3) is 0 Å². The second kappa shape index (κ2) is 8.89. The van der Waals surface area contributed by atoms with E-state index in [4.69, 9.17) is 5.14 Å². The molecule has 0 aliphatic carbocycles. The molecule has 3 atom stereocenters. The van der Waals surface area contributed by atoms with Gasteiger partial charge in [-0.05, 0) is 42.0 Å². The van der Waals surface area contributed by atoms with Crippen molar-refractivity contribution in [2.45, 2.75) is 27.6 Å². The van der Waals surface area contributed by atoms with E-state index in [1.165, 1.54) is 41.0 Å². The van der Waals surface area contributed by atoms with Gasteiger partial charge in [-0.1, -0.05) is 35.2 Å². The van der Waals surface area contributed by atoms with Crippen molar-refractivity contribution in [2.75, 3.05) is 5.32 Å². The summed E-state index contributed by atoms with van der Waals surface area (Å²) in [4.78, 5) is 50.9. The minimum absolute atomic E-state index is 0.0344. The van der Waals surface area contributed by atoms with E-state index in [1.807, 2.05) is 0 Å². The van der Waals surface area contributed by atoms with Crippen LogP contribution in [-0.4, -0.2) is 41.1 Å². The molecule has 0 spiro atoms. The van der Waals surface area contributed by atoms with Crippen molar-refractivity contribution in [3.63, 3.8) is 0 Å². The number of sulfonamides is 1. The van der Waals surface area contributed by atoms with E-state index in [-0.39, 0.29) is 17.2 Å². The van der Waals surface area contributed by atoms with Gasteiger partial charge in [-0.3, -0.25) is 29.1 Å². The lowest BCUT2D eigenvalue weighted by molar-refractivity contribution is -0.126. The lowest BCUT2D eigenvalue weighted by Gasteiger charge is -2.30. The van der Waals surface area contributed by atoms with Crippen LogP contribution in [0.1, 0.15) is 16.4 Å². The van der Waals surface area contributed by atoms with Crippen LogP contribution in [0.4, 0.5) is 5.69 Å². The number of hydrogen-bond acceptors (Lipinski definition) is 9. The molecule has 5 rings (SSSR count). The number of thioether (sulfide) groups is 1. The Kier molecular flexibility index (Phi) is 5.98. The van der Waals surface area contributed by atoms with Crippen LogP contribution >= 0.6 is 23.1 Å². The van der Waals surface area contributed by atoms with Gasteiger partial charge in [0.15, 0.2) is 0 Å². The van der Waals surface area contributed by atoms with Gasteiger partial charge < -0.3 is 10.4 Å². The summed E-state index contributed by atoms with van der Waals surface area (Å²) in [7, 11) is -3.88. The standard InChI is InChI=1S/C22H18N4O7S3/c23-36(32,33)13-7-3-11(4-8-13)24-14(28)9-26-21-18(35-22(26)31)15(10-1-5-12(27)6-2-10)16-17(34-21)20(30)25-19(16)29/h1-8,15-17,27H,9H2,(H,24,28)(H2,23,32,33)(H,25,29,30)/t15-,16?,17?/m0/s1. The molecule has 186 valence electrons. The summed E-state index contributed by atoms with van der Waals surface area (Å²) in [6.45, 7) is -0.357. The van der Waals surface area contributed by atoms with Crippen LogP contribution in [0, 0.1) is 5.92 Å². The Balaban J connectivity index is 1.47. The number of thiazole rings is 1. The van der Waals surface area contributed by atoms with E-state index in [0.29, 0.717) is 21.2 Å². The number of nitrogens with zero attached hydrogens (tertiary/aromatic N) is 1. The first-order chi connectivity index (χ1) is 17.0. The predicted octanol–water partition coefficient (Wildman–Crippen LogP) is 0.780. The van der Waals surface area contributed by atoms with Crippen LogP contribution in [0.2, 0.25) is 0 Å². The monoisotopic (exact) mass is 546 g/mol. The summed E-state index contributed by atoms with van der Waals surface area (Å²) >= 11 is 1.97. The molecule has 5 N–H and O–H groups in total. The lowest BCUT2D eigenvalue weighted by Crippen LogP contribution is -2.32. The molecule has 2 unspecified atom stereocenters. The smallest absolute Gasteiger partial charge is 0.308 e. The first-order valence-electron chi connectivity index (χ1n) is 10.5. The van der Waals surface area contributed by atoms with Crippen LogP contribution in [0.3, 0.4) is 0 Å². The van der Waals surface area contributed by atoms with Crippen LogP contribution in [0.5, 0.6) is 5.75 Å². The number of phenolic OH excluding ortho intramolecular Hbond substituents is 1. The highest BCUT2D eigenvalue weighted by atomic mass is 32.2. The molecule has 0 bridgehead atoms. The molecule has 0 radical (unpaired) electrons. The van der Waals surface area contributed by atoms with Gasteiger partial charge in [0.1, 0.15) is 17.5 Å². The number of amides is 3. The highest BCUT2D eigenvalue weighted by Gasteiger charge is 2.52. The number of aromatic hydroxyl groups is 1. The summed E-state index contributed by atoms with van der Waals surface area (Å²) < 4.78 is 24.1. The fourth-order valence-corrected chi connectivity index (χ4v) is 7.54. The molecule has 0 saturated carbocycles. The maximum Gasteiger partial charge on any atom is 0.308 e. The van der Waals surface area contributed by atoms with E-state index in [9.17, 15) is 32.7 Å². The molecular formula is C22H18N4O7S3. The maximum atomic E-state index is 12.9. The third-order valence-corrected chi connectivity index (χ3v) is 9.45. The molecule has 2 aromatic carbocycles. The normalized spacial score (nSPS) is 21.0. The number of primary sulfonamides is 1. The van der Waals surface area contributed by atoms with Gasteiger partial charge in [-0.2, -0.15) is 0 Å². The number of benzene rings is 2. The number of carbonyl (C=O) groups excluding carboxylic acids is 3. The Bertz CT molecular complexity index is 1560.